The number of nitrogens with one attached hydrogen (secondary N) is 1. The van der Waals surface area contributed by atoms with E-state index in [1.54, 1.807) is 11.3 Å². The molecule has 1 N–H and O–H groups in total. The third-order valence-electron chi connectivity index (χ3n) is 3.21. The molecule has 1 aromatic heterocycles. The zero-order chi connectivity index (χ0) is 11.2. The van der Waals surface area contributed by atoms with Crippen LogP contribution in [0.1, 0.15) is 31.9 Å². The van der Waals surface area contributed by atoms with Crippen LogP contribution in [0.2, 0.25) is 0 Å². The van der Waals surface area contributed by atoms with Crippen LogP contribution in [0.5, 0.6) is 0 Å². The van der Waals surface area contributed by atoms with E-state index in [1.807, 2.05) is 5.51 Å². The minimum Gasteiger partial charge on any atom is -0.313 e. The van der Waals surface area contributed by atoms with Crippen molar-refractivity contribution in [1.82, 2.24) is 15.2 Å². The lowest BCUT2D eigenvalue weighted by Crippen LogP contribution is -2.43. The first-order valence-electron chi connectivity index (χ1n) is 6.21. The van der Waals surface area contributed by atoms with Crippen molar-refractivity contribution in [2.24, 2.45) is 0 Å². The number of likely N-dealkylation sites (N-methyl/N-ethyl adjacent to an activating group) is 1. The lowest BCUT2D eigenvalue weighted by molar-refractivity contribution is 0.224. The average Bonchev–Trinajstić information content (AvgIpc) is 2.82. The van der Waals surface area contributed by atoms with E-state index in [2.05, 4.69) is 27.5 Å². The lowest BCUT2D eigenvalue weighted by atomic mass is 10.0. The van der Waals surface area contributed by atoms with E-state index in [4.69, 9.17) is 0 Å². The summed E-state index contributed by atoms with van der Waals surface area (Å²) in [5.74, 6) is 0. The molecule has 0 radical (unpaired) electrons. The highest BCUT2D eigenvalue weighted by atomic mass is 32.1. The van der Waals surface area contributed by atoms with Gasteiger partial charge in [-0.25, -0.2) is 4.98 Å². The van der Waals surface area contributed by atoms with Crippen molar-refractivity contribution >= 4 is 11.3 Å². The number of hydrogen-bond donors (Lipinski definition) is 1. The second-order valence-corrected chi connectivity index (χ2v) is 5.17. The third-order valence-corrected chi connectivity index (χ3v) is 3.84. The molecule has 3 nitrogen and oxygen atoms in total. The molecule has 0 saturated carbocycles. The first-order valence-corrected chi connectivity index (χ1v) is 7.15. The molecule has 2 heterocycles. The fourth-order valence-corrected chi connectivity index (χ4v) is 2.79. The summed E-state index contributed by atoms with van der Waals surface area (Å²) in [6.45, 7) is 6.69. The maximum Gasteiger partial charge on any atom is 0.0795 e. The molecule has 1 atom stereocenters. The summed E-state index contributed by atoms with van der Waals surface area (Å²) >= 11 is 1.68. The molecule has 0 bridgehead atoms. The fraction of sp³-hybridized carbons (Fsp3) is 0.750. The Hall–Kier alpha value is -0.450. The van der Waals surface area contributed by atoms with Crippen LogP contribution in [-0.2, 0) is 6.54 Å². The molecule has 1 aliphatic heterocycles. The van der Waals surface area contributed by atoms with Gasteiger partial charge in [0, 0.05) is 24.5 Å². The van der Waals surface area contributed by atoms with E-state index in [0.717, 1.165) is 19.6 Å². The van der Waals surface area contributed by atoms with E-state index in [1.165, 1.54) is 31.5 Å². The van der Waals surface area contributed by atoms with Gasteiger partial charge in [-0.05, 0) is 25.9 Å². The van der Waals surface area contributed by atoms with Gasteiger partial charge >= 0.3 is 0 Å². The second-order valence-electron chi connectivity index (χ2n) is 4.45. The quantitative estimate of drug-likeness (QED) is 0.853. The highest BCUT2D eigenvalue weighted by Crippen LogP contribution is 2.11. The number of hydrogen-bond acceptors (Lipinski definition) is 4. The number of rotatable bonds is 5. The van der Waals surface area contributed by atoms with Crippen molar-refractivity contribution in [2.75, 3.05) is 19.6 Å². The van der Waals surface area contributed by atoms with Gasteiger partial charge < -0.3 is 5.32 Å². The molecule has 1 aromatic rings. The fourth-order valence-electron chi connectivity index (χ4n) is 2.24. The number of thiazole rings is 1. The topological polar surface area (TPSA) is 28.2 Å². The van der Waals surface area contributed by atoms with Crippen LogP contribution in [-0.4, -0.2) is 35.6 Å². The van der Waals surface area contributed by atoms with Crippen LogP contribution < -0.4 is 5.32 Å². The molecular weight excluding hydrogens is 218 g/mol. The van der Waals surface area contributed by atoms with Crippen LogP contribution in [0.3, 0.4) is 0 Å². The van der Waals surface area contributed by atoms with Crippen molar-refractivity contribution < 1.29 is 0 Å². The van der Waals surface area contributed by atoms with Gasteiger partial charge in [-0.15, -0.1) is 11.3 Å². The molecule has 90 valence electrons. The predicted molar refractivity (Wildman–Crippen MR) is 68.7 cm³/mol. The van der Waals surface area contributed by atoms with E-state index in [0.29, 0.717) is 6.04 Å². The second kappa shape index (κ2) is 6.33. The summed E-state index contributed by atoms with van der Waals surface area (Å²) in [6.07, 6.45) is 4.05. The van der Waals surface area contributed by atoms with E-state index in [9.17, 15) is 0 Å². The average molecular weight is 239 g/mol. The first kappa shape index (κ1) is 12.0. The predicted octanol–water partition coefficient (Wildman–Crippen LogP) is 2.11. The van der Waals surface area contributed by atoms with Crippen molar-refractivity contribution in [2.45, 2.75) is 38.8 Å². The van der Waals surface area contributed by atoms with Gasteiger partial charge in [0.25, 0.3) is 0 Å². The monoisotopic (exact) mass is 239 g/mol. The molecule has 0 aromatic carbocycles. The van der Waals surface area contributed by atoms with Crippen LogP contribution in [0.4, 0.5) is 0 Å². The molecule has 4 heteroatoms. The Morgan fingerprint density at radius 3 is 3.12 bits per heavy atom. The molecule has 16 heavy (non-hydrogen) atoms. The smallest absolute Gasteiger partial charge is 0.0795 e. The number of piperidine rings is 1. The van der Waals surface area contributed by atoms with Gasteiger partial charge in [0.15, 0.2) is 0 Å². The molecule has 0 aliphatic carbocycles. The number of nitrogens with zero attached hydrogens (tertiary/aromatic N) is 2. The first-order chi connectivity index (χ1) is 7.88. The Morgan fingerprint density at radius 2 is 2.50 bits per heavy atom. The Bertz CT molecular complexity index is 280. The highest BCUT2D eigenvalue weighted by Gasteiger charge is 2.16. The van der Waals surface area contributed by atoms with Crippen LogP contribution in [0.15, 0.2) is 10.9 Å². The molecule has 0 amide bonds. The summed E-state index contributed by atoms with van der Waals surface area (Å²) in [5, 5.41) is 5.75. The number of aromatic nitrogens is 1. The third kappa shape index (κ3) is 3.54. The minimum atomic E-state index is 0.687. The summed E-state index contributed by atoms with van der Waals surface area (Å²) in [5.41, 5.74) is 3.13. The van der Waals surface area contributed by atoms with Gasteiger partial charge in [-0.2, -0.15) is 0 Å². The maximum absolute atomic E-state index is 4.35. The summed E-state index contributed by atoms with van der Waals surface area (Å²) < 4.78 is 0. The molecule has 0 spiro atoms. The van der Waals surface area contributed by atoms with Crippen molar-refractivity contribution in [3.05, 3.63) is 16.6 Å². The SMILES string of the molecule is CCN(Cc1cscn1)CC1CCCCN1. The standard InChI is InChI=1S/C12H21N3S/c1-2-15(8-12-9-16-10-14-12)7-11-5-3-4-6-13-11/h9-11,13H,2-8H2,1H3. The Morgan fingerprint density at radius 1 is 1.56 bits per heavy atom. The van der Waals surface area contributed by atoms with Gasteiger partial charge in [-0.1, -0.05) is 13.3 Å². The summed E-state index contributed by atoms with van der Waals surface area (Å²) in [6, 6.07) is 0.687. The van der Waals surface area contributed by atoms with Crippen molar-refractivity contribution in [3.63, 3.8) is 0 Å². The Kier molecular flexibility index (Phi) is 4.75. The molecule has 1 fully saturated rings. The maximum atomic E-state index is 4.35. The Labute approximate surface area is 102 Å². The molecule has 1 unspecified atom stereocenters. The Balaban J connectivity index is 1.80. The van der Waals surface area contributed by atoms with Gasteiger partial charge in [0.2, 0.25) is 0 Å². The minimum absolute atomic E-state index is 0.687. The highest BCUT2D eigenvalue weighted by molar-refractivity contribution is 7.07. The van der Waals surface area contributed by atoms with E-state index in [-0.39, 0.29) is 0 Å². The van der Waals surface area contributed by atoms with Crippen LogP contribution >= 0.6 is 11.3 Å². The zero-order valence-corrected chi connectivity index (χ0v) is 10.8. The summed E-state index contributed by atoms with van der Waals surface area (Å²) in [7, 11) is 0. The van der Waals surface area contributed by atoms with Crippen LogP contribution in [0, 0.1) is 0 Å². The molecule has 1 saturated heterocycles. The van der Waals surface area contributed by atoms with Crippen LogP contribution in [0.25, 0.3) is 0 Å². The molecule has 1 aliphatic rings. The summed E-state index contributed by atoms with van der Waals surface area (Å²) in [4.78, 5) is 6.84. The van der Waals surface area contributed by atoms with Crippen molar-refractivity contribution in [1.29, 1.82) is 0 Å². The van der Waals surface area contributed by atoms with Gasteiger partial charge in [0.1, 0.15) is 0 Å². The van der Waals surface area contributed by atoms with E-state index >= 15 is 0 Å². The van der Waals surface area contributed by atoms with Crippen molar-refractivity contribution in [3.8, 4) is 0 Å². The molecular formula is C12H21N3S. The lowest BCUT2D eigenvalue weighted by Gasteiger charge is -2.29. The largest absolute Gasteiger partial charge is 0.313 e. The van der Waals surface area contributed by atoms with Gasteiger partial charge in [0.05, 0.1) is 11.2 Å². The van der Waals surface area contributed by atoms with Gasteiger partial charge in [-0.3, -0.25) is 4.90 Å². The van der Waals surface area contributed by atoms with E-state index < -0.39 is 0 Å². The normalized spacial score (nSPS) is 21.5. The zero-order valence-electron chi connectivity index (χ0n) is 9.98. The molecule has 2 rings (SSSR count).